The van der Waals surface area contributed by atoms with Crippen LogP contribution >= 0.6 is 0 Å². The van der Waals surface area contributed by atoms with E-state index in [-0.39, 0.29) is 5.41 Å². The van der Waals surface area contributed by atoms with Gasteiger partial charge in [0.05, 0.1) is 11.0 Å². The van der Waals surface area contributed by atoms with Crippen molar-refractivity contribution in [3.8, 4) is 62.1 Å². The monoisotopic (exact) mass is 707 g/mol. The van der Waals surface area contributed by atoms with E-state index in [1.54, 1.807) is 6.39 Å². The van der Waals surface area contributed by atoms with Crippen LogP contribution in [-0.4, -0.2) is 24.5 Å². The summed E-state index contributed by atoms with van der Waals surface area (Å²) in [7, 11) is 0. The molecule has 11 rings (SSSR count). The third kappa shape index (κ3) is 4.88. The minimum Gasteiger partial charge on any atom is -0.443 e. The molecule has 260 valence electrons. The van der Waals surface area contributed by atoms with E-state index < -0.39 is 0 Å². The summed E-state index contributed by atoms with van der Waals surface area (Å²) >= 11 is 0. The fourth-order valence-corrected chi connectivity index (χ4v) is 8.45. The molecule has 0 bridgehead atoms. The van der Waals surface area contributed by atoms with Gasteiger partial charge in [0.15, 0.2) is 23.6 Å². The Kier molecular flexibility index (Phi) is 6.79. The average Bonchev–Trinajstić information content (AvgIpc) is 3.92. The SMILES string of the molecule is CC1(C)c2cc(-c3ccc4c(c3)c3cc(-c5ccccc5)ccc3n4-c3nc(-c4ccccc4)nc(-c4ccccc4)n3)ccc2-c2c1ccc1ncoc21. The Labute approximate surface area is 317 Å². The Hall–Kier alpha value is -7.18. The molecule has 0 radical (unpaired) electrons. The number of rotatable bonds is 5. The second kappa shape index (κ2) is 11.9. The molecular weight excluding hydrogens is 675 g/mol. The van der Waals surface area contributed by atoms with Crippen molar-refractivity contribution in [1.82, 2.24) is 24.5 Å². The van der Waals surface area contributed by atoms with Crippen LogP contribution in [0, 0.1) is 0 Å². The van der Waals surface area contributed by atoms with Gasteiger partial charge < -0.3 is 4.42 Å². The van der Waals surface area contributed by atoms with Gasteiger partial charge in [-0.3, -0.25) is 4.57 Å². The standard InChI is InChI=1S/C49H33N5O/c1-49(2)39-22-23-41-45(55-29-50-41)44(39)36-21-18-35(28-40(36)49)34-20-25-43-38(27-34)37-26-33(30-12-6-3-7-13-30)19-24-42(37)54(43)48-52-46(31-14-8-4-9-15-31)51-47(53-48)32-16-10-5-11-17-32/h3-29H,1-2H3. The molecule has 55 heavy (non-hydrogen) atoms. The summed E-state index contributed by atoms with van der Waals surface area (Å²) in [6, 6.07) is 55.4. The second-order valence-electron chi connectivity index (χ2n) is 14.8. The summed E-state index contributed by atoms with van der Waals surface area (Å²) in [5.41, 5.74) is 15.0. The van der Waals surface area contributed by atoms with E-state index in [0.717, 1.165) is 66.3 Å². The van der Waals surface area contributed by atoms with Crippen LogP contribution in [0.15, 0.2) is 169 Å². The molecule has 1 aliphatic rings. The van der Waals surface area contributed by atoms with Gasteiger partial charge >= 0.3 is 0 Å². The van der Waals surface area contributed by atoms with Gasteiger partial charge in [0, 0.05) is 32.9 Å². The Morgan fingerprint density at radius 2 is 1.04 bits per heavy atom. The van der Waals surface area contributed by atoms with Crippen LogP contribution in [0.25, 0.3) is 95.0 Å². The number of hydrogen-bond donors (Lipinski definition) is 0. The molecule has 0 aliphatic heterocycles. The zero-order chi connectivity index (χ0) is 36.7. The third-order valence-electron chi connectivity index (χ3n) is 11.2. The van der Waals surface area contributed by atoms with Crippen LogP contribution in [0.2, 0.25) is 0 Å². The molecule has 0 spiro atoms. The summed E-state index contributed by atoms with van der Waals surface area (Å²) in [4.78, 5) is 19.7. The van der Waals surface area contributed by atoms with Crippen molar-refractivity contribution in [2.24, 2.45) is 0 Å². The van der Waals surface area contributed by atoms with E-state index in [9.17, 15) is 0 Å². The summed E-state index contributed by atoms with van der Waals surface area (Å²) in [6.45, 7) is 4.60. The van der Waals surface area contributed by atoms with Gasteiger partial charge in [-0.1, -0.05) is 135 Å². The largest absolute Gasteiger partial charge is 0.443 e. The van der Waals surface area contributed by atoms with Crippen LogP contribution in [0.4, 0.5) is 0 Å². The first-order chi connectivity index (χ1) is 27.0. The lowest BCUT2D eigenvalue weighted by atomic mass is 9.81. The van der Waals surface area contributed by atoms with Gasteiger partial charge in [0.1, 0.15) is 5.52 Å². The first-order valence-corrected chi connectivity index (χ1v) is 18.5. The molecule has 1 aliphatic carbocycles. The lowest BCUT2D eigenvalue weighted by molar-refractivity contribution is 0.601. The minimum atomic E-state index is -0.196. The lowest BCUT2D eigenvalue weighted by Crippen LogP contribution is -2.14. The lowest BCUT2D eigenvalue weighted by Gasteiger charge is -2.22. The molecule has 0 N–H and O–H groups in total. The molecule has 0 unspecified atom stereocenters. The van der Waals surface area contributed by atoms with Crippen molar-refractivity contribution in [2.75, 3.05) is 0 Å². The van der Waals surface area contributed by atoms with E-state index in [4.69, 9.17) is 19.4 Å². The van der Waals surface area contributed by atoms with Crippen molar-refractivity contribution >= 4 is 32.9 Å². The molecule has 0 saturated carbocycles. The number of hydrogen-bond acceptors (Lipinski definition) is 5. The highest BCUT2D eigenvalue weighted by Gasteiger charge is 2.37. The molecular formula is C49H33N5O. The smallest absolute Gasteiger partial charge is 0.238 e. The Morgan fingerprint density at radius 3 is 1.65 bits per heavy atom. The predicted molar refractivity (Wildman–Crippen MR) is 221 cm³/mol. The van der Waals surface area contributed by atoms with Gasteiger partial charge in [0.2, 0.25) is 5.95 Å². The fourth-order valence-electron chi connectivity index (χ4n) is 8.45. The molecule has 7 aromatic carbocycles. The van der Waals surface area contributed by atoms with Crippen molar-refractivity contribution in [1.29, 1.82) is 0 Å². The normalized spacial score (nSPS) is 13.1. The van der Waals surface area contributed by atoms with E-state index in [0.29, 0.717) is 17.6 Å². The summed E-state index contributed by atoms with van der Waals surface area (Å²) < 4.78 is 8.12. The fraction of sp³-hybridized carbons (Fsp3) is 0.0612. The summed E-state index contributed by atoms with van der Waals surface area (Å²) in [5.74, 6) is 1.83. The van der Waals surface area contributed by atoms with Gasteiger partial charge in [0.25, 0.3) is 0 Å². The van der Waals surface area contributed by atoms with Crippen LogP contribution in [0.5, 0.6) is 0 Å². The molecule has 3 heterocycles. The number of aromatic nitrogens is 5. The maximum absolute atomic E-state index is 5.93. The average molecular weight is 708 g/mol. The Balaban J connectivity index is 1.14. The van der Waals surface area contributed by atoms with Crippen LogP contribution in [-0.2, 0) is 5.41 Å². The van der Waals surface area contributed by atoms with Crippen molar-refractivity contribution in [2.45, 2.75) is 19.3 Å². The third-order valence-corrected chi connectivity index (χ3v) is 11.2. The van der Waals surface area contributed by atoms with Crippen LogP contribution in [0.1, 0.15) is 25.0 Å². The Bertz CT molecular complexity index is 3050. The molecule has 0 amide bonds. The molecule has 6 nitrogen and oxygen atoms in total. The number of fused-ring (bicyclic) bond motifs is 8. The van der Waals surface area contributed by atoms with Crippen molar-refractivity contribution in [3.05, 3.63) is 175 Å². The first-order valence-electron chi connectivity index (χ1n) is 18.5. The Morgan fingerprint density at radius 1 is 0.491 bits per heavy atom. The van der Waals surface area contributed by atoms with Crippen molar-refractivity contribution < 1.29 is 4.42 Å². The minimum absolute atomic E-state index is 0.196. The number of benzene rings is 7. The van der Waals surface area contributed by atoms with Gasteiger partial charge in [-0.05, 0) is 75.3 Å². The van der Waals surface area contributed by atoms with Crippen molar-refractivity contribution in [3.63, 3.8) is 0 Å². The summed E-state index contributed by atoms with van der Waals surface area (Å²) in [5, 5.41) is 2.25. The van der Waals surface area contributed by atoms with E-state index in [1.165, 1.54) is 22.3 Å². The molecule has 0 atom stereocenters. The van der Waals surface area contributed by atoms with Gasteiger partial charge in [-0.25, -0.2) is 9.97 Å². The molecule has 0 fully saturated rings. The second-order valence-corrected chi connectivity index (χ2v) is 14.8. The molecule has 0 saturated heterocycles. The maximum atomic E-state index is 5.93. The highest BCUT2D eigenvalue weighted by molar-refractivity contribution is 6.11. The summed E-state index contributed by atoms with van der Waals surface area (Å²) in [6.07, 6.45) is 1.54. The van der Waals surface area contributed by atoms with E-state index in [2.05, 4.69) is 120 Å². The predicted octanol–water partition coefficient (Wildman–Crippen LogP) is 12.1. The highest BCUT2D eigenvalue weighted by atomic mass is 16.3. The molecule has 3 aromatic heterocycles. The van der Waals surface area contributed by atoms with E-state index in [1.807, 2.05) is 60.7 Å². The topological polar surface area (TPSA) is 69.6 Å². The van der Waals surface area contributed by atoms with Gasteiger partial charge in [-0.15, -0.1) is 0 Å². The highest BCUT2D eigenvalue weighted by Crippen LogP contribution is 2.52. The molecule has 10 aromatic rings. The maximum Gasteiger partial charge on any atom is 0.238 e. The zero-order valence-corrected chi connectivity index (χ0v) is 30.2. The van der Waals surface area contributed by atoms with Crippen LogP contribution < -0.4 is 0 Å². The van der Waals surface area contributed by atoms with Gasteiger partial charge in [-0.2, -0.15) is 9.97 Å². The first kappa shape index (κ1) is 31.4. The molecule has 6 heteroatoms. The number of nitrogens with zero attached hydrogens (tertiary/aromatic N) is 5. The van der Waals surface area contributed by atoms with E-state index >= 15 is 0 Å². The number of oxazole rings is 1. The zero-order valence-electron chi connectivity index (χ0n) is 30.2. The quantitative estimate of drug-likeness (QED) is 0.178. The van der Waals surface area contributed by atoms with Crippen LogP contribution in [0.3, 0.4) is 0 Å².